The lowest BCUT2D eigenvalue weighted by atomic mass is 9.95. The molecular formula is C24H36N4O5. The van der Waals surface area contributed by atoms with Gasteiger partial charge in [-0.3, -0.25) is 9.59 Å². The van der Waals surface area contributed by atoms with E-state index >= 15 is 0 Å². The van der Waals surface area contributed by atoms with Crippen LogP contribution in [0, 0.1) is 25.2 Å². The monoisotopic (exact) mass is 460 g/mol. The van der Waals surface area contributed by atoms with Crippen LogP contribution < -0.4 is 10.6 Å². The average Bonchev–Trinajstić information content (AvgIpc) is 2.73. The molecule has 0 spiro atoms. The molecule has 0 bridgehead atoms. The highest BCUT2D eigenvalue weighted by Crippen LogP contribution is 2.27. The Hall–Kier alpha value is -3.12. The van der Waals surface area contributed by atoms with Gasteiger partial charge in [0.2, 0.25) is 11.8 Å². The molecule has 3 amide bonds. The standard InChI is InChI=1S/C24H36N4O5/c1-7-8-13-26-21(30)20(18-11-9-10-16(2)17(18)3)28(14-12-25)22(31)19(15-29)27-23(32)33-24(4,5)6/h9-11,19-20,29H,7-8,13-15H2,1-6H3,(H,26,30)(H,27,32). The van der Waals surface area contributed by atoms with Gasteiger partial charge in [0.25, 0.3) is 0 Å². The fourth-order valence-corrected chi connectivity index (χ4v) is 3.21. The van der Waals surface area contributed by atoms with Crippen LogP contribution in [0.5, 0.6) is 0 Å². The molecule has 1 rings (SSSR count). The van der Waals surface area contributed by atoms with Crippen molar-refractivity contribution in [3.8, 4) is 6.07 Å². The van der Waals surface area contributed by atoms with Crippen molar-refractivity contribution < 1.29 is 24.2 Å². The second kappa shape index (κ2) is 12.8. The van der Waals surface area contributed by atoms with Crippen molar-refractivity contribution in [3.05, 3.63) is 34.9 Å². The lowest BCUT2D eigenvalue weighted by Gasteiger charge is -2.33. The number of alkyl carbamates (subject to hydrolysis) is 1. The summed E-state index contributed by atoms with van der Waals surface area (Å²) in [4.78, 5) is 39.9. The van der Waals surface area contributed by atoms with Crippen molar-refractivity contribution in [1.82, 2.24) is 15.5 Å². The molecule has 0 saturated carbocycles. The molecule has 0 heterocycles. The number of aliphatic hydroxyl groups excluding tert-OH is 1. The number of amides is 3. The summed E-state index contributed by atoms with van der Waals surface area (Å²) in [6.45, 7) is 10.0. The molecule has 9 heteroatoms. The summed E-state index contributed by atoms with van der Waals surface area (Å²) in [6.07, 6.45) is 0.751. The molecule has 0 radical (unpaired) electrons. The number of aryl methyl sites for hydroxylation is 1. The van der Waals surface area contributed by atoms with Crippen LogP contribution in [0.15, 0.2) is 18.2 Å². The minimum atomic E-state index is -1.38. The molecule has 2 unspecified atom stereocenters. The molecule has 0 aromatic heterocycles. The highest BCUT2D eigenvalue weighted by Gasteiger charge is 2.36. The van der Waals surface area contributed by atoms with Crippen molar-refractivity contribution in [2.45, 2.75) is 72.1 Å². The van der Waals surface area contributed by atoms with Crippen LogP contribution in [-0.4, -0.2) is 59.3 Å². The molecule has 2 atom stereocenters. The summed E-state index contributed by atoms with van der Waals surface area (Å²) in [5, 5.41) is 24.4. The number of nitriles is 1. The first-order valence-corrected chi connectivity index (χ1v) is 11.1. The van der Waals surface area contributed by atoms with Crippen molar-refractivity contribution in [2.24, 2.45) is 0 Å². The van der Waals surface area contributed by atoms with Crippen molar-refractivity contribution in [3.63, 3.8) is 0 Å². The number of nitrogens with one attached hydrogen (secondary N) is 2. The topological polar surface area (TPSA) is 132 Å². The van der Waals surface area contributed by atoms with E-state index in [0.29, 0.717) is 12.1 Å². The first kappa shape index (κ1) is 27.9. The van der Waals surface area contributed by atoms with Gasteiger partial charge in [-0.25, -0.2) is 4.79 Å². The van der Waals surface area contributed by atoms with Gasteiger partial charge in [0.05, 0.1) is 12.7 Å². The number of aliphatic hydroxyl groups is 1. The van der Waals surface area contributed by atoms with E-state index in [-0.39, 0.29) is 0 Å². The number of hydrogen-bond acceptors (Lipinski definition) is 6. The van der Waals surface area contributed by atoms with Gasteiger partial charge in [0.1, 0.15) is 24.2 Å². The summed E-state index contributed by atoms with van der Waals surface area (Å²) in [6, 6.07) is 4.84. The Morgan fingerprint density at radius 1 is 1.24 bits per heavy atom. The highest BCUT2D eigenvalue weighted by atomic mass is 16.6. The number of carbonyl (C=O) groups excluding carboxylic acids is 3. The largest absolute Gasteiger partial charge is 0.444 e. The predicted octanol–water partition coefficient (Wildman–Crippen LogP) is 2.50. The maximum absolute atomic E-state index is 13.4. The lowest BCUT2D eigenvalue weighted by Crippen LogP contribution is -2.54. The average molecular weight is 461 g/mol. The second-order valence-electron chi connectivity index (χ2n) is 8.84. The molecule has 1 aromatic rings. The molecule has 182 valence electrons. The number of carbonyl (C=O) groups is 3. The van der Waals surface area contributed by atoms with Crippen molar-refractivity contribution >= 4 is 17.9 Å². The van der Waals surface area contributed by atoms with Gasteiger partial charge >= 0.3 is 6.09 Å². The van der Waals surface area contributed by atoms with E-state index in [0.717, 1.165) is 28.9 Å². The van der Waals surface area contributed by atoms with E-state index in [2.05, 4.69) is 10.6 Å². The Morgan fingerprint density at radius 3 is 2.45 bits per heavy atom. The van der Waals surface area contributed by atoms with E-state index in [1.54, 1.807) is 32.9 Å². The van der Waals surface area contributed by atoms with E-state index in [9.17, 15) is 24.8 Å². The number of hydrogen-bond donors (Lipinski definition) is 3. The van der Waals surface area contributed by atoms with Crippen LogP contribution in [0.2, 0.25) is 0 Å². The Morgan fingerprint density at radius 2 is 1.91 bits per heavy atom. The van der Waals surface area contributed by atoms with Gasteiger partial charge in [0, 0.05) is 6.54 Å². The van der Waals surface area contributed by atoms with Crippen LogP contribution >= 0.6 is 0 Å². The SMILES string of the molecule is CCCCNC(=O)C(c1cccc(C)c1C)N(CC#N)C(=O)C(CO)NC(=O)OC(C)(C)C. The Labute approximate surface area is 196 Å². The fourth-order valence-electron chi connectivity index (χ4n) is 3.21. The summed E-state index contributed by atoms with van der Waals surface area (Å²) in [7, 11) is 0. The third-order valence-corrected chi connectivity index (χ3v) is 5.03. The van der Waals surface area contributed by atoms with Crippen LogP contribution in [0.25, 0.3) is 0 Å². The third kappa shape index (κ3) is 8.39. The molecule has 3 N–H and O–H groups in total. The molecule has 0 fully saturated rings. The zero-order valence-electron chi connectivity index (χ0n) is 20.4. The molecule has 0 aliphatic rings. The number of ether oxygens (including phenoxy) is 1. The molecule has 9 nitrogen and oxygen atoms in total. The van der Waals surface area contributed by atoms with Gasteiger partial charge < -0.3 is 25.4 Å². The molecule has 0 aliphatic carbocycles. The quantitative estimate of drug-likeness (QED) is 0.363. The molecule has 33 heavy (non-hydrogen) atoms. The van der Waals surface area contributed by atoms with Crippen LogP contribution in [-0.2, 0) is 14.3 Å². The predicted molar refractivity (Wildman–Crippen MR) is 124 cm³/mol. The maximum atomic E-state index is 13.4. The molecule has 0 aliphatic heterocycles. The van der Waals surface area contributed by atoms with Crippen molar-refractivity contribution in [1.29, 1.82) is 5.26 Å². The number of unbranched alkanes of at least 4 members (excludes halogenated alkanes) is 1. The summed E-state index contributed by atoms with van der Waals surface area (Å²) in [5.74, 6) is -1.20. The zero-order chi connectivity index (χ0) is 25.2. The summed E-state index contributed by atoms with van der Waals surface area (Å²) >= 11 is 0. The van der Waals surface area contributed by atoms with Gasteiger partial charge in [-0.1, -0.05) is 31.5 Å². The fraction of sp³-hybridized carbons (Fsp3) is 0.583. The first-order chi connectivity index (χ1) is 15.5. The summed E-state index contributed by atoms with van der Waals surface area (Å²) in [5.41, 5.74) is 1.50. The smallest absolute Gasteiger partial charge is 0.408 e. The zero-order valence-corrected chi connectivity index (χ0v) is 20.4. The lowest BCUT2D eigenvalue weighted by molar-refractivity contribution is -0.142. The Bertz CT molecular complexity index is 873. The van der Waals surface area contributed by atoms with Crippen LogP contribution in [0.1, 0.15) is 63.3 Å². The highest BCUT2D eigenvalue weighted by molar-refractivity contribution is 5.92. The normalized spacial score (nSPS) is 12.8. The van der Waals surface area contributed by atoms with Gasteiger partial charge in [-0.2, -0.15) is 5.26 Å². The molecule has 1 aromatic carbocycles. The Kier molecular flexibility index (Phi) is 10.8. The number of nitrogens with zero attached hydrogens (tertiary/aromatic N) is 2. The van der Waals surface area contributed by atoms with Gasteiger partial charge in [0.15, 0.2) is 0 Å². The first-order valence-electron chi connectivity index (χ1n) is 11.1. The summed E-state index contributed by atoms with van der Waals surface area (Å²) < 4.78 is 5.18. The van der Waals surface area contributed by atoms with Crippen LogP contribution in [0.3, 0.4) is 0 Å². The van der Waals surface area contributed by atoms with E-state index < -0.39 is 48.7 Å². The van der Waals surface area contributed by atoms with Gasteiger partial charge in [-0.15, -0.1) is 0 Å². The Balaban J connectivity index is 3.37. The number of benzene rings is 1. The minimum absolute atomic E-state index is 0.412. The minimum Gasteiger partial charge on any atom is -0.444 e. The molecule has 0 saturated heterocycles. The van der Waals surface area contributed by atoms with E-state index in [1.165, 1.54) is 0 Å². The van der Waals surface area contributed by atoms with E-state index in [1.807, 2.05) is 32.9 Å². The second-order valence-corrected chi connectivity index (χ2v) is 8.84. The maximum Gasteiger partial charge on any atom is 0.408 e. The van der Waals surface area contributed by atoms with Gasteiger partial charge in [-0.05, 0) is 57.7 Å². The third-order valence-electron chi connectivity index (χ3n) is 5.03. The number of rotatable bonds is 10. The van der Waals surface area contributed by atoms with E-state index in [4.69, 9.17) is 4.74 Å². The molecular weight excluding hydrogens is 424 g/mol. The van der Waals surface area contributed by atoms with Crippen molar-refractivity contribution in [2.75, 3.05) is 19.7 Å². The van der Waals surface area contributed by atoms with Crippen LogP contribution in [0.4, 0.5) is 4.79 Å².